The van der Waals surface area contributed by atoms with Gasteiger partial charge in [-0.15, -0.1) is 11.3 Å². The van der Waals surface area contributed by atoms with Crippen LogP contribution in [-0.2, 0) is 27.1 Å². The van der Waals surface area contributed by atoms with E-state index in [2.05, 4.69) is 5.32 Å². The van der Waals surface area contributed by atoms with Gasteiger partial charge in [0.05, 0.1) is 18.2 Å². The molecule has 0 spiro atoms. The van der Waals surface area contributed by atoms with Gasteiger partial charge in [-0.2, -0.15) is 0 Å². The number of aryl methyl sites for hydroxylation is 1. The Morgan fingerprint density at radius 3 is 2.37 bits per heavy atom. The molecule has 1 aromatic carbocycles. The summed E-state index contributed by atoms with van der Waals surface area (Å²) in [5.41, 5.74) is 7.84. The SMILES string of the molecule is COC(=O)c1c(NC(=O)C(C)OC(=O)c2ccc(N)cc2)sc2c1CCCCCC2. The maximum atomic E-state index is 12.7. The molecule has 1 heterocycles. The van der Waals surface area contributed by atoms with E-state index < -0.39 is 23.9 Å². The van der Waals surface area contributed by atoms with Gasteiger partial charge in [0, 0.05) is 10.6 Å². The van der Waals surface area contributed by atoms with Crippen LogP contribution in [0.25, 0.3) is 0 Å². The number of esters is 2. The molecule has 7 nitrogen and oxygen atoms in total. The van der Waals surface area contributed by atoms with Crippen molar-refractivity contribution in [2.45, 2.75) is 51.6 Å². The quantitative estimate of drug-likeness (QED) is 0.549. The Morgan fingerprint density at radius 1 is 1.03 bits per heavy atom. The molecule has 1 atom stereocenters. The topological polar surface area (TPSA) is 108 Å². The van der Waals surface area contributed by atoms with Crippen molar-refractivity contribution in [1.82, 2.24) is 0 Å². The Kier molecular flexibility index (Phi) is 7.10. The second kappa shape index (κ2) is 9.75. The second-order valence-electron chi connectivity index (χ2n) is 7.27. The fourth-order valence-corrected chi connectivity index (χ4v) is 4.72. The van der Waals surface area contributed by atoms with Gasteiger partial charge in [0.25, 0.3) is 5.91 Å². The summed E-state index contributed by atoms with van der Waals surface area (Å²) in [7, 11) is 1.33. The van der Waals surface area contributed by atoms with Crippen molar-refractivity contribution in [2.24, 2.45) is 0 Å². The summed E-state index contributed by atoms with van der Waals surface area (Å²) in [6.07, 6.45) is 4.95. The van der Waals surface area contributed by atoms with E-state index in [4.69, 9.17) is 15.2 Å². The molecule has 1 amide bonds. The van der Waals surface area contributed by atoms with Crippen molar-refractivity contribution >= 4 is 39.9 Å². The molecule has 8 heteroatoms. The lowest BCUT2D eigenvalue weighted by Crippen LogP contribution is -2.30. The predicted octanol–water partition coefficient (Wildman–Crippen LogP) is 3.96. The summed E-state index contributed by atoms with van der Waals surface area (Å²) in [5.74, 6) is -1.59. The lowest BCUT2D eigenvalue weighted by atomic mass is 9.96. The molecule has 0 bridgehead atoms. The molecule has 1 aliphatic rings. The minimum absolute atomic E-state index is 0.304. The first-order valence-corrected chi connectivity index (χ1v) is 10.8. The number of carbonyl (C=O) groups is 3. The van der Waals surface area contributed by atoms with Crippen molar-refractivity contribution in [1.29, 1.82) is 0 Å². The largest absolute Gasteiger partial charge is 0.465 e. The van der Waals surface area contributed by atoms with E-state index >= 15 is 0 Å². The highest BCUT2D eigenvalue weighted by atomic mass is 32.1. The molecule has 1 aromatic heterocycles. The van der Waals surface area contributed by atoms with Gasteiger partial charge in [-0.25, -0.2) is 9.59 Å². The zero-order valence-electron chi connectivity index (χ0n) is 17.2. The van der Waals surface area contributed by atoms with E-state index in [1.807, 2.05) is 0 Å². The maximum Gasteiger partial charge on any atom is 0.341 e. The smallest absolute Gasteiger partial charge is 0.341 e. The highest BCUT2D eigenvalue weighted by molar-refractivity contribution is 7.17. The van der Waals surface area contributed by atoms with Gasteiger partial charge in [-0.05, 0) is 62.4 Å². The molecule has 0 saturated carbocycles. The number of rotatable bonds is 5. The molecule has 0 radical (unpaired) electrons. The molecule has 0 aliphatic heterocycles. The number of ether oxygens (including phenoxy) is 2. The number of nitrogens with one attached hydrogen (secondary N) is 1. The Morgan fingerprint density at radius 2 is 1.70 bits per heavy atom. The van der Waals surface area contributed by atoms with Gasteiger partial charge in [-0.3, -0.25) is 4.79 Å². The maximum absolute atomic E-state index is 12.7. The van der Waals surface area contributed by atoms with Gasteiger partial charge >= 0.3 is 11.9 Å². The van der Waals surface area contributed by atoms with E-state index in [0.29, 0.717) is 21.8 Å². The fourth-order valence-electron chi connectivity index (χ4n) is 3.44. The van der Waals surface area contributed by atoms with Gasteiger partial charge in [0.1, 0.15) is 5.00 Å². The molecule has 0 fully saturated rings. The van der Waals surface area contributed by atoms with E-state index in [-0.39, 0.29) is 0 Å². The number of nitrogen functional groups attached to an aromatic ring is 1. The van der Waals surface area contributed by atoms with E-state index in [9.17, 15) is 14.4 Å². The number of hydrogen-bond donors (Lipinski definition) is 2. The van der Waals surface area contributed by atoms with Crippen LogP contribution in [0, 0.1) is 0 Å². The average molecular weight is 431 g/mol. The monoisotopic (exact) mass is 430 g/mol. The van der Waals surface area contributed by atoms with Crippen LogP contribution in [0.4, 0.5) is 10.7 Å². The van der Waals surface area contributed by atoms with Crippen LogP contribution >= 0.6 is 11.3 Å². The summed E-state index contributed by atoms with van der Waals surface area (Å²) in [6, 6.07) is 6.25. The Hall–Kier alpha value is -2.87. The number of benzene rings is 1. The van der Waals surface area contributed by atoms with Crippen LogP contribution in [0.3, 0.4) is 0 Å². The normalized spacial score (nSPS) is 14.6. The number of hydrogen-bond acceptors (Lipinski definition) is 7. The molecule has 0 saturated heterocycles. The third kappa shape index (κ3) is 4.99. The highest BCUT2D eigenvalue weighted by Crippen LogP contribution is 2.37. The first kappa shape index (κ1) is 21.8. The van der Waals surface area contributed by atoms with Crippen molar-refractivity contribution in [2.75, 3.05) is 18.2 Å². The van der Waals surface area contributed by atoms with Crippen LogP contribution in [0.15, 0.2) is 24.3 Å². The van der Waals surface area contributed by atoms with Crippen molar-refractivity contribution in [3.8, 4) is 0 Å². The van der Waals surface area contributed by atoms with Gasteiger partial charge < -0.3 is 20.5 Å². The number of carbonyl (C=O) groups excluding carboxylic acids is 3. The fraction of sp³-hybridized carbons (Fsp3) is 0.409. The molecular formula is C22H26N2O5S. The number of thiophene rings is 1. The predicted molar refractivity (Wildman–Crippen MR) is 116 cm³/mol. The number of anilines is 2. The van der Waals surface area contributed by atoms with Crippen LogP contribution in [0.5, 0.6) is 0 Å². The number of methoxy groups -OCH3 is 1. The molecule has 2 aromatic rings. The molecular weight excluding hydrogens is 404 g/mol. The standard InChI is InChI=1S/C22H26N2O5S/c1-13(29-21(26)14-9-11-15(23)12-10-14)19(25)24-20-18(22(27)28-2)16-7-5-3-4-6-8-17(16)30-20/h9-13H,3-8,23H2,1-2H3,(H,24,25). The Labute approximate surface area is 179 Å². The van der Waals surface area contributed by atoms with Gasteiger partial charge in [0.15, 0.2) is 6.10 Å². The summed E-state index contributed by atoms with van der Waals surface area (Å²) in [6.45, 7) is 1.49. The van der Waals surface area contributed by atoms with Crippen molar-refractivity contribution in [3.05, 3.63) is 45.8 Å². The summed E-state index contributed by atoms with van der Waals surface area (Å²) in [5, 5.41) is 3.22. The van der Waals surface area contributed by atoms with E-state index in [0.717, 1.165) is 49.0 Å². The number of fused-ring (bicyclic) bond motifs is 1. The molecule has 30 heavy (non-hydrogen) atoms. The third-order valence-corrected chi connectivity index (χ3v) is 6.30. The second-order valence-corrected chi connectivity index (χ2v) is 8.38. The molecule has 3 N–H and O–H groups in total. The zero-order valence-corrected chi connectivity index (χ0v) is 18.0. The van der Waals surface area contributed by atoms with Gasteiger partial charge in [-0.1, -0.05) is 12.8 Å². The lowest BCUT2D eigenvalue weighted by Gasteiger charge is -2.14. The first-order valence-electron chi connectivity index (χ1n) is 10.0. The van der Waals surface area contributed by atoms with E-state index in [1.54, 1.807) is 12.1 Å². The van der Waals surface area contributed by atoms with Crippen LogP contribution in [0.1, 0.15) is 63.8 Å². The van der Waals surface area contributed by atoms with Crippen LogP contribution < -0.4 is 11.1 Å². The number of nitrogens with two attached hydrogens (primary N) is 1. The lowest BCUT2D eigenvalue weighted by molar-refractivity contribution is -0.123. The Balaban J connectivity index is 1.76. The molecule has 1 unspecified atom stereocenters. The molecule has 3 rings (SSSR count). The average Bonchev–Trinajstić information content (AvgIpc) is 3.03. The molecule has 160 valence electrons. The summed E-state index contributed by atoms with van der Waals surface area (Å²) in [4.78, 5) is 38.5. The van der Waals surface area contributed by atoms with E-state index in [1.165, 1.54) is 37.5 Å². The summed E-state index contributed by atoms with van der Waals surface area (Å²) < 4.78 is 10.2. The third-order valence-electron chi connectivity index (χ3n) is 5.10. The van der Waals surface area contributed by atoms with Crippen molar-refractivity contribution in [3.63, 3.8) is 0 Å². The van der Waals surface area contributed by atoms with Crippen LogP contribution in [0.2, 0.25) is 0 Å². The molecule has 1 aliphatic carbocycles. The zero-order chi connectivity index (χ0) is 21.7. The first-order chi connectivity index (χ1) is 14.4. The number of amides is 1. The van der Waals surface area contributed by atoms with Crippen molar-refractivity contribution < 1.29 is 23.9 Å². The highest BCUT2D eigenvalue weighted by Gasteiger charge is 2.28. The minimum Gasteiger partial charge on any atom is -0.465 e. The van der Waals surface area contributed by atoms with Gasteiger partial charge in [0.2, 0.25) is 0 Å². The Bertz CT molecular complexity index is 936. The van der Waals surface area contributed by atoms with Crippen LogP contribution in [-0.4, -0.2) is 31.1 Å². The summed E-state index contributed by atoms with van der Waals surface area (Å²) >= 11 is 1.40. The minimum atomic E-state index is -1.04.